The number of carbonyl (C=O) groups is 1. The zero-order valence-corrected chi connectivity index (χ0v) is 13.6. The summed E-state index contributed by atoms with van der Waals surface area (Å²) in [7, 11) is 1.48. The molecule has 0 aromatic heterocycles. The highest BCUT2D eigenvalue weighted by molar-refractivity contribution is 9.09. The average molecular weight is 344 g/mol. The summed E-state index contributed by atoms with van der Waals surface area (Å²) in [6.45, 7) is 2.80. The van der Waals surface area contributed by atoms with Crippen LogP contribution in [0.1, 0.15) is 36.5 Å². The minimum atomic E-state index is -0.168. The quantitative estimate of drug-likeness (QED) is 0.711. The Bertz CT molecular complexity index is 431. The fourth-order valence-corrected chi connectivity index (χ4v) is 2.73. The van der Waals surface area contributed by atoms with Crippen molar-refractivity contribution in [2.24, 2.45) is 5.92 Å². The zero-order chi connectivity index (χ0) is 15.0. The number of hydrogen-bond donors (Lipinski definition) is 2. The summed E-state index contributed by atoms with van der Waals surface area (Å²) < 4.78 is 4.95. The lowest BCUT2D eigenvalue weighted by molar-refractivity contribution is 0.0945. The van der Waals surface area contributed by atoms with Crippen LogP contribution in [-0.4, -0.2) is 30.0 Å². The molecule has 0 fully saturated rings. The molecule has 5 heteroatoms. The first-order valence-corrected chi connectivity index (χ1v) is 7.95. The first-order valence-electron chi connectivity index (χ1n) is 6.83. The average Bonchev–Trinajstić information content (AvgIpc) is 2.44. The van der Waals surface area contributed by atoms with Gasteiger partial charge in [-0.05, 0) is 37.0 Å². The van der Waals surface area contributed by atoms with Crippen LogP contribution >= 0.6 is 15.9 Å². The first-order chi connectivity index (χ1) is 9.62. The predicted octanol–water partition coefficient (Wildman–Crippen LogP) is 3.33. The van der Waals surface area contributed by atoms with E-state index < -0.39 is 0 Å². The van der Waals surface area contributed by atoms with Gasteiger partial charge in [0.05, 0.1) is 7.11 Å². The van der Waals surface area contributed by atoms with Gasteiger partial charge in [0.25, 0.3) is 5.91 Å². The summed E-state index contributed by atoms with van der Waals surface area (Å²) in [4.78, 5) is 12.0. The maximum Gasteiger partial charge on any atom is 0.251 e. The second-order valence-electron chi connectivity index (χ2n) is 4.73. The van der Waals surface area contributed by atoms with Crippen LogP contribution in [0.25, 0.3) is 0 Å². The lowest BCUT2D eigenvalue weighted by Crippen LogP contribution is -2.29. The van der Waals surface area contributed by atoms with Gasteiger partial charge in [-0.15, -0.1) is 0 Å². The third-order valence-electron chi connectivity index (χ3n) is 3.21. The molecule has 1 aromatic rings. The fourth-order valence-electron chi connectivity index (χ4n) is 2.08. The molecule has 1 aromatic carbocycles. The Morgan fingerprint density at radius 1 is 1.45 bits per heavy atom. The van der Waals surface area contributed by atoms with Crippen LogP contribution in [-0.2, 0) is 0 Å². The fraction of sp³-hybridized carbons (Fsp3) is 0.533. The van der Waals surface area contributed by atoms with Crippen LogP contribution in [0, 0.1) is 5.92 Å². The molecule has 0 spiro atoms. The van der Waals surface area contributed by atoms with Gasteiger partial charge in [0.1, 0.15) is 0 Å². The van der Waals surface area contributed by atoms with Crippen molar-refractivity contribution in [1.82, 2.24) is 5.32 Å². The summed E-state index contributed by atoms with van der Waals surface area (Å²) in [5.74, 6) is 0.657. The van der Waals surface area contributed by atoms with Gasteiger partial charge in [-0.3, -0.25) is 4.79 Å². The molecule has 0 aliphatic carbocycles. The van der Waals surface area contributed by atoms with Crippen molar-refractivity contribution in [1.29, 1.82) is 0 Å². The molecular weight excluding hydrogens is 322 g/mol. The smallest absolute Gasteiger partial charge is 0.251 e. The lowest BCUT2D eigenvalue weighted by Gasteiger charge is -2.15. The van der Waals surface area contributed by atoms with Gasteiger partial charge in [0, 0.05) is 17.4 Å². The number of rotatable bonds is 8. The standard InChI is InChI=1S/C15H22BrNO3/c1-3-4-11(7-8-16)10-17-15(19)12-5-6-14(20-2)13(18)9-12/h5-6,9,11,18H,3-4,7-8,10H2,1-2H3,(H,17,19). The van der Waals surface area contributed by atoms with Crippen LogP contribution in [0.5, 0.6) is 11.5 Å². The Balaban J connectivity index is 2.59. The van der Waals surface area contributed by atoms with Crippen LogP contribution in [0.15, 0.2) is 18.2 Å². The van der Waals surface area contributed by atoms with E-state index >= 15 is 0 Å². The van der Waals surface area contributed by atoms with E-state index in [1.54, 1.807) is 12.1 Å². The number of benzene rings is 1. The van der Waals surface area contributed by atoms with Crippen molar-refractivity contribution in [3.63, 3.8) is 0 Å². The van der Waals surface area contributed by atoms with E-state index in [0.29, 0.717) is 23.8 Å². The molecule has 0 aliphatic heterocycles. The topological polar surface area (TPSA) is 58.6 Å². The minimum Gasteiger partial charge on any atom is -0.504 e. The van der Waals surface area contributed by atoms with E-state index in [1.807, 2.05) is 0 Å². The molecule has 0 bridgehead atoms. The van der Waals surface area contributed by atoms with Crippen molar-refractivity contribution in [3.05, 3.63) is 23.8 Å². The van der Waals surface area contributed by atoms with E-state index in [9.17, 15) is 9.90 Å². The molecule has 0 saturated heterocycles. The molecular formula is C15H22BrNO3. The van der Waals surface area contributed by atoms with Crippen LogP contribution in [0.4, 0.5) is 0 Å². The number of methoxy groups -OCH3 is 1. The van der Waals surface area contributed by atoms with Gasteiger partial charge in [-0.2, -0.15) is 0 Å². The second-order valence-corrected chi connectivity index (χ2v) is 5.52. The summed E-state index contributed by atoms with van der Waals surface area (Å²) in [6.07, 6.45) is 3.25. The Hall–Kier alpha value is -1.23. The maximum absolute atomic E-state index is 12.0. The van der Waals surface area contributed by atoms with Gasteiger partial charge in [-0.1, -0.05) is 29.3 Å². The monoisotopic (exact) mass is 343 g/mol. The molecule has 0 heterocycles. The summed E-state index contributed by atoms with van der Waals surface area (Å²) in [5, 5.41) is 13.5. The van der Waals surface area contributed by atoms with E-state index in [-0.39, 0.29) is 11.7 Å². The zero-order valence-electron chi connectivity index (χ0n) is 12.0. The molecule has 20 heavy (non-hydrogen) atoms. The van der Waals surface area contributed by atoms with Gasteiger partial charge in [0.15, 0.2) is 11.5 Å². The van der Waals surface area contributed by atoms with Crippen LogP contribution in [0.2, 0.25) is 0 Å². The van der Waals surface area contributed by atoms with Gasteiger partial charge in [-0.25, -0.2) is 0 Å². The highest BCUT2D eigenvalue weighted by Crippen LogP contribution is 2.26. The van der Waals surface area contributed by atoms with Crippen molar-refractivity contribution in [2.75, 3.05) is 19.0 Å². The number of nitrogens with one attached hydrogen (secondary N) is 1. The molecule has 112 valence electrons. The molecule has 2 N–H and O–H groups in total. The molecule has 0 aliphatic rings. The number of ether oxygens (including phenoxy) is 1. The number of phenolic OH excluding ortho intramolecular Hbond substituents is 1. The number of halogens is 1. The number of carbonyl (C=O) groups excluding carboxylic acids is 1. The van der Waals surface area contributed by atoms with Crippen molar-refractivity contribution in [2.45, 2.75) is 26.2 Å². The molecule has 0 saturated carbocycles. The Morgan fingerprint density at radius 2 is 2.20 bits per heavy atom. The molecule has 1 amide bonds. The number of aromatic hydroxyl groups is 1. The number of hydrogen-bond acceptors (Lipinski definition) is 3. The Labute approximate surface area is 128 Å². The van der Waals surface area contributed by atoms with Gasteiger partial charge in [0.2, 0.25) is 0 Å². The molecule has 1 unspecified atom stereocenters. The normalized spacial score (nSPS) is 11.9. The summed E-state index contributed by atoms with van der Waals surface area (Å²) in [6, 6.07) is 4.66. The highest BCUT2D eigenvalue weighted by Gasteiger charge is 2.12. The predicted molar refractivity (Wildman–Crippen MR) is 83.8 cm³/mol. The first kappa shape index (κ1) is 16.8. The van der Waals surface area contributed by atoms with Crippen molar-refractivity contribution >= 4 is 21.8 Å². The molecule has 4 nitrogen and oxygen atoms in total. The largest absolute Gasteiger partial charge is 0.504 e. The minimum absolute atomic E-state index is 0.0225. The van der Waals surface area contributed by atoms with Crippen molar-refractivity contribution in [3.8, 4) is 11.5 Å². The SMILES string of the molecule is CCCC(CCBr)CNC(=O)c1ccc(OC)c(O)c1. The number of phenols is 1. The van der Waals surface area contributed by atoms with E-state index in [0.717, 1.165) is 24.6 Å². The van der Waals surface area contributed by atoms with E-state index in [2.05, 4.69) is 28.2 Å². The van der Waals surface area contributed by atoms with Gasteiger partial charge < -0.3 is 15.2 Å². The van der Waals surface area contributed by atoms with E-state index in [1.165, 1.54) is 13.2 Å². The number of amides is 1. The maximum atomic E-state index is 12.0. The summed E-state index contributed by atoms with van der Waals surface area (Å²) >= 11 is 3.44. The van der Waals surface area contributed by atoms with Crippen molar-refractivity contribution < 1.29 is 14.6 Å². The number of alkyl halides is 1. The molecule has 1 rings (SSSR count). The third-order valence-corrected chi connectivity index (χ3v) is 3.66. The Morgan fingerprint density at radius 3 is 2.75 bits per heavy atom. The van der Waals surface area contributed by atoms with Crippen LogP contribution in [0.3, 0.4) is 0 Å². The second kappa shape index (κ2) is 8.84. The summed E-state index contributed by atoms with van der Waals surface area (Å²) in [5.41, 5.74) is 0.442. The van der Waals surface area contributed by atoms with Crippen LogP contribution < -0.4 is 10.1 Å². The highest BCUT2D eigenvalue weighted by atomic mass is 79.9. The van der Waals surface area contributed by atoms with Gasteiger partial charge >= 0.3 is 0 Å². The molecule has 1 atom stereocenters. The lowest BCUT2D eigenvalue weighted by atomic mass is 10.0. The molecule has 0 radical (unpaired) electrons. The Kier molecular flexibility index (Phi) is 7.44. The third kappa shape index (κ3) is 5.04. The van der Waals surface area contributed by atoms with E-state index in [4.69, 9.17) is 4.74 Å².